The molecule has 0 saturated carbocycles. The first-order valence-electron chi connectivity index (χ1n) is 8.90. The molecule has 2 aromatic heterocycles. The molecule has 0 spiro atoms. The van der Waals surface area contributed by atoms with Crippen LogP contribution in [0.4, 0.5) is 10.9 Å². The van der Waals surface area contributed by atoms with Crippen LogP contribution < -0.4 is 10.2 Å². The fourth-order valence-electron chi connectivity index (χ4n) is 2.96. The van der Waals surface area contributed by atoms with Gasteiger partial charge in [-0.25, -0.2) is 4.98 Å². The van der Waals surface area contributed by atoms with E-state index in [1.165, 1.54) is 11.3 Å². The lowest BCUT2D eigenvalue weighted by Gasteiger charge is -2.33. The van der Waals surface area contributed by atoms with E-state index in [9.17, 15) is 0 Å². The van der Waals surface area contributed by atoms with Gasteiger partial charge >= 0.3 is 0 Å². The Morgan fingerprint density at radius 2 is 1.89 bits per heavy atom. The van der Waals surface area contributed by atoms with Crippen molar-refractivity contribution in [2.75, 3.05) is 43.4 Å². The fourth-order valence-corrected chi connectivity index (χ4v) is 4.02. The van der Waals surface area contributed by atoms with E-state index in [1.807, 2.05) is 30.5 Å². The van der Waals surface area contributed by atoms with Crippen LogP contribution in [-0.2, 0) is 6.54 Å². The molecular weight excluding hydrogens is 380 g/mol. The van der Waals surface area contributed by atoms with Crippen molar-refractivity contribution >= 4 is 33.9 Å². The zero-order chi connectivity index (χ0) is 18.6. The smallest absolute Gasteiger partial charge is 0.206 e. The van der Waals surface area contributed by atoms with E-state index >= 15 is 0 Å². The summed E-state index contributed by atoms with van der Waals surface area (Å²) in [5, 5.41) is 14.0. The standard InChI is InChI=1S/C19H21ClN6S/c1-25-8-10-26(11-9-25)17-7-6-14(12-21-17)13-22-19-24-23-18(27-19)15-4-2-3-5-16(15)20/h2-7,12H,8-11,13H2,1H3,(H,22,24). The van der Waals surface area contributed by atoms with E-state index in [0.717, 1.165) is 53.3 Å². The summed E-state index contributed by atoms with van der Waals surface area (Å²) in [6, 6.07) is 11.9. The van der Waals surface area contributed by atoms with E-state index in [4.69, 9.17) is 11.6 Å². The number of aromatic nitrogens is 3. The molecule has 0 aliphatic carbocycles. The van der Waals surface area contributed by atoms with Crippen LogP contribution in [0.3, 0.4) is 0 Å². The number of anilines is 2. The molecule has 3 aromatic rings. The van der Waals surface area contributed by atoms with Gasteiger partial charge in [-0.1, -0.05) is 47.2 Å². The van der Waals surface area contributed by atoms with Gasteiger partial charge in [-0.05, 0) is 24.7 Å². The second-order valence-electron chi connectivity index (χ2n) is 6.56. The molecule has 27 heavy (non-hydrogen) atoms. The number of benzene rings is 1. The third kappa shape index (κ3) is 4.37. The van der Waals surface area contributed by atoms with Crippen LogP contribution in [0.25, 0.3) is 10.6 Å². The Hall–Kier alpha value is -2.22. The van der Waals surface area contributed by atoms with Crippen molar-refractivity contribution in [3.63, 3.8) is 0 Å². The summed E-state index contributed by atoms with van der Waals surface area (Å²) in [6.07, 6.45) is 1.93. The monoisotopic (exact) mass is 400 g/mol. The van der Waals surface area contributed by atoms with Crippen molar-refractivity contribution < 1.29 is 0 Å². The largest absolute Gasteiger partial charge is 0.356 e. The van der Waals surface area contributed by atoms with Gasteiger partial charge in [0.25, 0.3) is 0 Å². The topological polar surface area (TPSA) is 57.2 Å². The molecule has 0 radical (unpaired) electrons. The Bertz CT molecular complexity index is 889. The van der Waals surface area contributed by atoms with Gasteiger partial charge in [0.1, 0.15) is 5.82 Å². The van der Waals surface area contributed by atoms with Gasteiger partial charge < -0.3 is 15.1 Å². The Labute approximate surface area is 167 Å². The minimum atomic E-state index is 0.660. The predicted octanol–water partition coefficient (Wildman–Crippen LogP) is 3.62. The first-order valence-corrected chi connectivity index (χ1v) is 10.1. The number of piperazine rings is 1. The average molecular weight is 401 g/mol. The molecule has 1 saturated heterocycles. The molecule has 1 fully saturated rings. The third-order valence-electron chi connectivity index (χ3n) is 4.61. The van der Waals surface area contributed by atoms with Gasteiger partial charge in [-0.15, -0.1) is 10.2 Å². The number of nitrogens with one attached hydrogen (secondary N) is 1. The molecular formula is C19H21ClN6S. The molecule has 140 valence electrons. The van der Waals surface area contributed by atoms with Crippen LogP contribution >= 0.6 is 22.9 Å². The van der Waals surface area contributed by atoms with E-state index in [2.05, 4.69) is 49.5 Å². The zero-order valence-corrected chi connectivity index (χ0v) is 16.7. The number of hydrogen-bond acceptors (Lipinski definition) is 7. The summed E-state index contributed by atoms with van der Waals surface area (Å²) >= 11 is 7.73. The Balaban J connectivity index is 1.36. The van der Waals surface area contributed by atoms with Crippen molar-refractivity contribution in [1.82, 2.24) is 20.1 Å². The highest BCUT2D eigenvalue weighted by Crippen LogP contribution is 2.31. The lowest BCUT2D eigenvalue weighted by molar-refractivity contribution is 0.312. The van der Waals surface area contributed by atoms with Gasteiger partial charge in [-0.3, -0.25) is 0 Å². The van der Waals surface area contributed by atoms with Crippen LogP contribution in [0, 0.1) is 0 Å². The van der Waals surface area contributed by atoms with Crippen molar-refractivity contribution in [3.05, 3.63) is 53.2 Å². The normalized spacial score (nSPS) is 15.1. The summed E-state index contributed by atoms with van der Waals surface area (Å²) in [6.45, 7) is 4.87. The van der Waals surface area contributed by atoms with E-state index < -0.39 is 0 Å². The van der Waals surface area contributed by atoms with Crippen LogP contribution in [0.15, 0.2) is 42.6 Å². The Morgan fingerprint density at radius 1 is 1.07 bits per heavy atom. The molecule has 1 aliphatic heterocycles. The third-order valence-corrected chi connectivity index (χ3v) is 5.85. The van der Waals surface area contributed by atoms with Crippen molar-refractivity contribution in [1.29, 1.82) is 0 Å². The number of pyridine rings is 1. The highest BCUT2D eigenvalue weighted by atomic mass is 35.5. The van der Waals surface area contributed by atoms with Crippen molar-refractivity contribution in [2.24, 2.45) is 0 Å². The first kappa shape index (κ1) is 18.2. The predicted molar refractivity (Wildman–Crippen MR) is 112 cm³/mol. The van der Waals surface area contributed by atoms with Crippen molar-refractivity contribution in [2.45, 2.75) is 6.54 Å². The van der Waals surface area contributed by atoms with Crippen LogP contribution in [0.5, 0.6) is 0 Å². The van der Waals surface area contributed by atoms with E-state index in [-0.39, 0.29) is 0 Å². The van der Waals surface area contributed by atoms with E-state index in [1.54, 1.807) is 0 Å². The Kier molecular flexibility index (Phi) is 5.52. The van der Waals surface area contributed by atoms with Gasteiger partial charge in [0.15, 0.2) is 5.01 Å². The highest BCUT2D eigenvalue weighted by molar-refractivity contribution is 7.18. The summed E-state index contributed by atoms with van der Waals surface area (Å²) in [7, 11) is 2.16. The molecule has 0 atom stereocenters. The first-order chi connectivity index (χ1) is 13.2. The number of halogens is 1. The molecule has 6 nitrogen and oxygen atoms in total. The second-order valence-corrected chi connectivity index (χ2v) is 7.95. The second kappa shape index (κ2) is 8.21. The maximum atomic E-state index is 6.23. The molecule has 1 aromatic carbocycles. The summed E-state index contributed by atoms with van der Waals surface area (Å²) in [5.74, 6) is 1.05. The molecule has 0 unspecified atom stereocenters. The highest BCUT2D eigenvalue weighted by Gasteiger charge is 2.15. The van der Waals surface area contributed by atoms with Crippen LogP contribution in [-0.4, -0.2) is 53.3 Å². The zero-order valence-electron chi connectivity index (χ0n) is 15.1. The minimum Gasteiger partial charge on any atom is -0.356 e. The fraction of sp³-hybridized carbons (Fsp3) is 0.316. The van der Waals surface area contributed by atoms with Gasteiger partial charge in [0.05, 0.1) is 5.02 Å². The minimum absolute atomic E-state index is 0.660. The van der Waals surface area contributed by atoms with Crippen LogP contribution in [0.2, 0.25) is 5.02 Å². The van der Waals surface area contributed by atoms with Gasteiger partial charge in [-0.2, -0.15) is 0 Å². The lowest BCUT2D eigenvalue weighted by Crippen LogP contribution is -2.44. The molecule has 8 heteroatoms. The lowest BCUT2D eigenvalue weighted by atomic mass is 10.2. The molecule has 0 bridgehead atoms. The summed E-state index contributed by atoms with van der Waals surface area (Å²) in [5.41, 5.74) is 2.02. The SMILES string of the molecule is CN1CCN(c2ccc(CNc3nnc(-c4ccccc4Cl)s3)cn2)CC1. The number of likely N-dealkylation sites (N-methyl/N-ethyl adjacent to an activating group) is 1. The maximum Gasteiger partial charge on any atom is 0.206 e. The van der Waals surface area contributed by atoms with Gasteiger partial charge in [0.2, 0.25) is 5.13 Å². The maximum absolute atomic E-state index is 6.23. The van der Waals surface area contributed by atoms with Gasteiger partial charge in [0, 0.05) is 44.5 Å². The molecule has 1 aliphatic rings. The number of hydrogen-bond donors (Lipinski definition) is 1. The molecule has 4 rings (SSSR count). The molecule has 0 amide bonds. The molecule has 1 N–H and O–H groups in total. The Morgan fingerprint density at radius 3 is 2.63 bits per heavy atom. The summed E-state index contributed by atoms with van der Waals surface area (Å²) < 4.78 is 0. The molecule has 3 heterocycles. The average Bonchev–Trinajstić information content (AvgIpc) is 3.17. The summed E-state index contributed by atoms with van der Waals surface area (Å²) in [4.78, 5) is 9.29. The van der Waals surface area contributed by atoms with E-state index in [0.29, 0.717) is 11.6 Å². The van der Waals surface area contributed by atoms with Crippen LogP contribution in [0.1, 0.15) is 5.56 Å². The number of nitrogens with zero attached hydrogens (tertiary/aromatic N) is 5. The quantitative estimate of drug-likeness (QED) is 0.706. The van der Waals surface area contributed by atoms with Crippen molar-refractivity contribution in [3.8, 4) is 10.6 Å². The number of rotatable bonds is 5.